The summed E-state index contributed by atoms with van der Waals surface area (Å²) in [6.07, 6.45) is -0.249. The molecule has 0 aliphatic rings. The molecule has 0 heterocycles. The Kier molecular flexibility index (Phi) is 8.76. The number of aliphatic carboxylic acids is 1. The fourth-order valence-electron chi connectivity index (χ4n) is 2.98. The molecule has 11 nitrogen and oxygen atoms in total. The van der Waals surface area contributed by atoms with Crippen molar-refractivity contribution < 1.29 is 42.5 Å². The predicted molar refractivity (Wildman–Crippen MR) is 113 cm³/mol. The Morgan fingerprint density at radius 2 is 1.75 bits per heavy atom. The van der Waals surface area contributed by atoms with Gasteiger partial charge in [0.2, 0.25) is 0 Å². The van der Waals surface area contributed by atoms with Crippen LogP contribution in [-0.2, 0) is 29.0 Å². The molecule has 0 fully saturated rings. The molecule has 0 saturated carbocycles. The summed E-state index contributed by atoms with van der Waals surface area (Å²) in [5.74, 6) is -3.21. The quantitative estimate of drug-likeness (QED) is 0.261. The zero-order valence-electron chi connectivity index (χ0n) is 17.3. The summed E-state index contributed by atoms with van der Waals surface area (Å²) < 4.78 is 33.4. The number of benzene rings is 2. The first-order valence-corrected chi connectivity index (χ1v) is 11.4. The fraction of sp³-hybridized carbons (Fsp3) is 0.400. The third-order valence-electron chi connectivity index (χ3n) is 4.66. The minimum absolute atomic E-state index is 0.0285. The number of carboxylic acids is 1. The number of sulfone groups is 1. The number of hydrogen-bond acceptors (Lipinski definition) is 9. The Morgan fingerprint density at radius 3 is 2.41 bits per heavy atom. The van der Waals surface area contributed by atoms with Crippen LogP contribution in [0.3, 0.4) is 0 Å². The zero-order valence-corrected chi connectivity index (χ0v) is 18.1. The molecule has 2 aromatic rings. The van der Waals surface area contributed by atoms with E-state index in [1.165, 1.54) is 0 Å². The highest BCUT2D eigenvalue weighted by atomic mass is 32.2. The number of carbonyl (C=O) groups excluding carboxylic acids is 1. The van der Waals surface area contributed by atoms with Gasteiger partial charge in [-0.3, -0.25) is 9.59 Å². The Balaban J connectivity index is 1.89. The number of ether oxygens (including phenoxy) is 2. The summed E-state index contributed by atoms with van der Waals surface area (Å²) in [6, 6.07) is 10.6. The van der Waals surface area contributed by atoms with Gasteiger partial charge in [-0.15, -0.1) is 10.1 Å². The Hall–Kier alpha value is -3.41. The summed E-state index contributed by atoms with van der Waals surface area (Å²) in [4.78, 5) is 37.6. The summed E-state index contributed by atoms with van der Waals surface area (Å²) >= 11 is 0. The number of esters is 1. The first-order chi connectivity index (χ1) is 15.1. The lowest BCUT2D eigenvalue weighted by Gasteiger charge is -2.14. The number of fused-ring (bicyclic) bond motifs is 1. The second kappa shape index (κ2) is 11.3. The molecule has 0 radical (unpaired) electrons. The predicted octanol–water partition coefficient (Wildman–Crippen LogP) is 1.96. The largest absolute Gasteiger partial charge is 0.497 e. The van der Waals surface area contributed by atoms with Gasteiger partial charge >= 0.3 is 11.9 Å². The third kappa shape index (κ3) is 7.69. The number of rotatable bonds is 13. The molecule has 12 heteroatoms. The molecule has 0 aromatic heterocycles. The van der Waals surface area contributed by atoms with Crippen molar-refractivity contribution in [3.63, 3.8) is 0 Å². The van der Waals surface area contributed by atoms with Crippen LogP contribution in [0.4, 0.5) is 0 Å². The number of hydrogen-bond donors (Lipinski definition) is 1. The van der Waals surface area contributed by atoms with Gasteiger partial charge in [0.1, 0.15) is 19.0 Å². The van der Waals surface area contributed by atoms with Crippen molar-refractivity contribution in [2.45, 2.75) is 18.8 Å². The van der Waals surface area contributed by atoms with Crippen LogP contribution in [0.15, 0.2) is 36.4 Å². The molecule has 0 aliphatic heterocycles. The van der Waals surface area contributed by atoms with E-state index >= 15 is 0 Å². The molecule has 1 atom stereocenters. The number of methoxy groups -OCH3 is 1. The van der Waals surface area contributed by atoms with Gasteiger partial charge in [0.25, 0.3) is 5.09 Å². The molecular weight excluding hydrogens is 446 g/mol. The van der Waals surface area contributed by atoms with Crippen molar-refractivity contribution in [3.8, 4) is 5.75 Å². The topological polar surface area (TPSA) is 159 Å². The SMILES string of the molecule is COc1ccc2cc(C(CCC(=O)OCCS(=O)(=O)CCO[N+](=O)[O-])C(=O)O)ccc2c1. The highest BCUT2D eigenvalue weighted by molar-refractivity contribution is 7.91. The normalized spacial score (nSPS) is 12.2. The molecule has 0 spiro atoms. The Labute approximate surface area is 183 Å². The average molecular weight is 469 g/mol. The highest BCUT2D eigenvalue weighted by Gasteiger charge is 2.22. The minimum atomic E-state index is -3.70. The van der Waals surface area contributed by atoms with E-state index in [4.69, 9.17) is 9.47 Å². The summed E-state index contributed by atoms with van der Waals surface area (Å²) in [7, 11) is -2.15. The van der Waals surface area contributed by atoms with E-state index in [1.54, 1.807) is 31.4 Å². The molecule has 174 valence electrons. The van der Waals surface area contributed by atoms with Gasteiger partial charge in [0, 0.05) is 6.42 Å². The third-order valence-corrected chi connectivity index (χ3v) is 6.23. The van der Waals surface area contributed by atoms with E-state index < -0.39 is 57.5 Å². The molecule has 32 heavy (non-hydrogen) atoms. The maximum Gasteiger partial charge on any atom is 0.310 e. The summed E-state index contributed by atoms with van der Waals surface area (Å²) in [5, 5.41) is 20.2. The van der Waals surface area contributed by atoms with E-state index in [9.17, 15) is 33.2 Å². The van der Waals surface area contributed by atoms with Gasteiger partial charge in [0.15, 0.2) is 9.84 Å². The fourth-order valence-corrected chi connectivity index (χ4v) is 3.85. The van der Waals surface area contributed by atoms with Gasteiger partial charge in [-0.25, -0.2) is 8.42 Å². The van der Waals surface area contributed by atoms with E-state index in [0.717, 1.165) is 10.8 Å². The second-order valence-electron chi connectivity index (χ2n) is 6.83. The maximum absolute atomic E-state index is 11.9. The van der Waals surface area contributed by atoms with Gasteiger partial charge in [-0.1, -0.05) is 24.3 Å². The monoisotopic (exact) mass is 469 g/mol. The average Bonchev–Trinajstić information content (AvgIpc) is 2.72. The van der Waals surface area contributed by atoms with Crippen LogP contribution in [0.25, 0.3) is 10.8 Å². The van der Waals surface area contributed by atoms with E-state index in [-0.39, 0.29) is 12.8 Å². The first-order valence-electron chi connectivity index (χ1n) is 9.55. The van der Waals surface area contributed by atoms with Crippen molar-refractivity contribution in [3.05, 3.63) is 52.1 Å². The lowest BCUT2D eigenvalue weighted by Crippen LogP contribution is -2.21. The van der Waals surface area contributed by atoms with Crippen LogP contribution in [-0.4, -0.2) is 62.4 Å². The minimum Gasteiger partial charge on any atom is -0.497 e. The lowest BCUT2D eigenvalue weighted by atomic mass is 9.92. The molecule has 1 unspecified atom stereocenters. The van der Waals surface area contributed by atoms with Gasteiger partial charge in [0.05, 0.1) is 24.5 Å². The van der Waals surface area contributed by atoms with E-state index in [2.05, 4.69) is 4.84 Å². The molecule has 0 aliphatic carbocycles. The molecule has 2 aromatic carbocycles. The van der Waals surface area contributed by atoms with Gasteiger partial charge < -0.3 is 19.4 Å². The van der Waals surface area contributed by atoms with Crippen molar-refractivity contribution in [2.75, 3.05) is 31.8 Å². The van der Waals surface area contributed by atoms with Crippen LogP contribution < -0.4 is 4.74 Å². The smallest absolute Gasteiger partial charge is 0.310 e. The highest BCUT2D eigenvalue weighted by Crippen LogP contribution is 2.28. The van der Waals surface area contributed by atoms with Crippen LogP contribution in [0.2, 0.25) is 0 Å². The summed E-state index contributed by atoms with van der Waals surface area (Å²) in [5.41, 5.74) is 0.524. The van der Waals surface area contributed by atoms with Crippen LogP contribution in [0, 0.1) is 10.1 Å². The van der Waals surface area contributed by atoms with Crippen molar-refractivity contribution >= 4 is 32.5 Å². The molecular formula is C20H23NO10S. The Morgan fingerprint density at radius 1 is 1.09 bits per heavy atom. The standard InChI is InChI=1S/C20H23NO10S/c1-29-17-5-4-14-12-16(3-2-15(14)13-17)18(20(23)24)6-7-19(22)30-8-10-32(27,28)11-9-31-21(25)26/h2-5,12-13,18H,6-11H2,1H3,(H,23,24). The lowest BCUT2D eigenvalue weighted by molar-refractivity contribution is -0.756. The number of nitrogens with zero attached hydrogens (tertiary/aromatic N) is 1. The van der Waals surface area contributed by atoms with E-state index in [0.29, 0.717) is 11.3 Å². The molecule has 0 bridgehead atoms. The Bertz CT molecular complexity index is 1080. The van der Waals surface area contributed by atoms with Crippen LogP contribution >= 0.6 is 0 Å². The number of carbonyl (C=O) groups is 2. The van der Waals surface area contributed by atoms with Crippen LogP contribution in [0.1, 0.15) is 24.3 Å². The van der Waals surface area contributed by atoms with E-state index in [1.807, 2.05) is 12.1 Å². The van der Waals surface area contributed by atoms with Crippen molar-refractivity contribution in [1.29, 1.82) is 0 Å². The van der Waals surface area contributed by atoms with Gasteiger partial charge in [-0.05, 0) is 34.9 Å². The first kappa shape index (κ1) is 24.9. The maximum atomic E-state index is 11.9. The van der Waals surface area contributed by atoms with Crippen molar-refractivity contribution in [1.82, 2.24) is 0 Å². The molecule has 1 N–H and O–H groups in total. The van der Waals surface area contributed by atoms with Crippen molar-refractivity contribution in [2.24, 2.45) is 0 Å². The van der Waals surface area contributed by atoms with Gasteiger partial charge in [-0.2, -0.15) is 0 Å². The summed E-state index contributed by atoms with van der Waals surface area (Å²) in [6.45, 7) is -1.04. The zero-order chi connectivity index (χ0) is 23.7. The number of carboxylic acid groups (broad SMARTS) is 1. The molecule has 2 rings (SSSR count). The second-order valence-corrected chi connectivity index (χ2v) is 9.13. The molecule has 0 saturated heterocycles. The molecule has 0 amide bonds. The van der Waals surface area contributed by atoms with Crippen LogP contribution in [0.5, 0.6) is 5.75 Å².